The molecule has 220 valence electrons. The molecule has 0 aliphatic heterocycles. The van der Waals surface area contributed by atoms with E-state index in [9.17, 15) is 35.9 Å². The lowest BCUT2D eigenvalue weighted by Gasteiger charge is -2.15. The van der Waals surface area contributed by atoms with Crippen LogP contribution >= 0.6 is 11.3 Å². The van der Waals surface area contributed by atoms with Gasteiger partial charge in [-0.15, -0.1) is 0 Å². The Labute approximate surface area is 242 Å². The largest absolute Gasteiger partial charge is 0.437 e. The normalized spacial score (nSPS) is 11.8. The van der Waals surface area contributed by atoms with Crippen LogP contribution in [-0.2, 0) is 17.1 Å². The third-order valence-corrected chi connectivity index (χ3v) is 6.80. The van der Waals surface area contributed by atoms with E-state index in [1.165, 1.54) is 24.3 Å². The van der Waals surface area contributed by atoms with Crippen molar-refractivity contribution in [1.82, 2.24) is 15.0 Å². The number of anilines is 2. The molecular formula is C28H17F6N5O3S. The number of fused-ring (bicyclic) bond motifs is 1. The molecular weight excluding hydrogens is 600 g/mol. The van der Waals surface area contributed by atoms with E-state index in [-0.39, 0.29) is 40.0 Å². The number of nitrogens with one attached hydrogen (secondary N) is 2. The van der Waals surface area contributed by atoms with Gasteiger partial charge in [0, 0.05) is 24.1 Å². The highest BCUT2D eigenvalue weighted by atomic mass is 32.1. The highest BCUT2D eigenvalue weighted by molar-refractivity contribution is 7.22. The van der Waals surface area contributed by atoms with Crippen LogP contribution in [0.1, 0.15) is 28.4 Å². The van der Waals surface area contributed by atoms with E-state index in [4.69, 9.17) is 4.74 Å². The first-order valence-corrected chi connectivity index (χ1v) is 13.0. The number of aromatic nitrogens is 3. The fourth-order valence-corrected chi connectivity index (χ4v) is 4.84. The van der Waals surface area contributed by atoms with E-state index in [0.717, 1.165) is 48.8 Å². The molecule has 8 nitrogen and oxygen atoms in total. The summed E-state index contributed by atoms with van der Waals surface area (Å²) < 4.78 is 86.1. The van der Waals surface area contributed by atoms with Crippen molar-refractivity contribution in [1.29, 1.82) is 0 Å². The van der Waals surface area contributed by atoms with Crippen LogP contribution in [-0.4, -0.2) is 26.8 Å². The summed E-state index contributed by atoms with van der Waals surface area (Å²) in [5.41, 5.74) is -2.05. The van der Waals surface area contributed by atoms with Gasteiger partial charge < -0.3 is 15.4 Å². The fourth-order valence-electron chi connectivity index (χ4n) is 3.91. The number of alkyl halides is 6. The lowest BCUT2D eigenvalue weighted by molar-refractivity contribution is -0.138. The molecule has 2 aromatic heterocycles. The summed E-state index contributed by atoms with van der Waals surface area (Å²) in [5.74, 6) is -0.992. The first-order valence-electron chi connectivity index (χ1n) is 12.2. The van der Waals surface area contributed by atoms with E-state index in [1.807, 2.05) is 0 Å². The number of ether oxygens (including phenoxy) is 1. The molecule has 0 radical (unpaired) electrons. The first kappa shape index (κ1) is 29.4. The number of thiazole rings is 1. The van der Waals surface area contributed by atoms with Crippen LogP contribution in [0.15, 0.2) is 73.1 Å². The zero-order chi connectivity index (χ0) is 30.9. The molecule has 2 heterocycles. The average Bonchev–Trinajstić information content (AvgIpc) is 3.35. The van der Waals surface area contributed by atoms with Gasteiger partial charge in [-0.3, -0.25) is 9.59 Å². The van der Waals surface area contributed by atoms with Crippen molar-refractivity contribution in [3.8, 4) is 22.9 Å². The smallest absolute Gasteiger partial charge is 0.416 e. The minimum atomic E-state index is -4.73. The minimum absolute atomic E-state index is 0.0526. The number of para-hydroxylation sites is 1. The van der Waals surface area contributed by atoms with E-state index in [1.54, 1.807) is 18.2 Å². The summed E-state index contributed by atoms with van der Waals surface area (Å²) in [7, 11) is 0. The van der Waals surface area contributed by atoms with Crippen molar-refractivity contribution in [2.24, 2.45) is 0 Å². The maximum atomic E-state index is 13.6. The van der Waals surface area contributed by atoms with Crippen molar-refractivity contribution in [3.63, 3.8) is 0 Å². The van der Waals surface area contributed by atoms with E-state index >= 15 is 0 Å². The topological polar surface area (TPSA) is 106 Å². The SMILES string of the molecule is CC(=O)Nc1nc2c(Oc3cc(-c4cc(C(F)(F)F)ccc4NC(=O)c4ccc(C(F)(F)F)cc4)ncn3)cccc2s1. The summed E-state index contributed by atoms with van der Waals surface area (Å²) in [6.45, 7) is 1.33. The van der Waals surface area contributed by atoms with Crippen molar-refractivity contribution < 1.29 is 40.7 Å². The van der Waals surface area contributed by atoms with Gasteiger partial charge in [-0.1, -0.05) is 17.4 Å². The maximum Gasteiger partial charge on any atom is 0.416 e. The molecule has 0 unspecified atom stereocenters. The molecule has 0 atom stereocenters. The van der Waals surface area contributed by atoms with Crippen molar-refractivity contribution in [3.05, 3.63) is 89.7 Å². The third-order valence-electron chi connectivity index (χ3n) is 5.87. The Morgan fingerprint density at radius 3 is 2.21 bits per heavy atom. The molecule has 5 rings (SSSR count). The molecule has 0 saturated carbocycles. The molecule has 5 aromatic rings. The Morgan fingerprint density at radius 2 is 1.53 bits per heavy atom. The third kappa shape index (κ3) is 6.72. The van der Waals surface area contributed by atoms with Gasteiger partial charge in [-0.25, -0.2) is 15.0 Å². The summed E-state index contributed by atoms with van der Waals surface area (Å²) in [6.07, 6.45) is -8.29. The summed E-state index contributed by atoms with van der Waals surface area (Å²) in [6, 6.07) is 12.2. The number of nitrogens with zero attached hydrogens (tertiary/aromatic N) is 3. The van der Waals surface area contributed by atoms with Crippen LogP contribution in [0.5, 0.6) is 11.6 Å². The lowest BCUT2D eigenvalue weighted by atomic mass is 10.0. The van der Waals surface area contributed by atoms with Gasteiger partial charge in [0.25, 0.3) is 5.91 Å². The summed E-state index contributed by atoms with van der Waals surface area (Å²) in [5, 5.41) is 5.36. The molecule has 0 aliphatic rings. The number of halogens is 6. The number of hydrogen-bond acceptors (Lipinski definition) is 7. The Bertz CT molecular complexity index is 1840. The van der Waals surface area contributed by atoms with E-state index in [2.05, 4.69) is 25.6 Å². The van der Waals surface area contributed by atoms with Crippen molar-refractivity contribution in [2.45, 2.75) is 19.3 Å². The van der Waals surface area contributed by atoms with Crippen LogP contribution in [0.4, 0.5) is 37.2 Å². The zero-order valence-corrected chi connectivity index (χ0v) is 22.5. The molecule has 0 spiro atoms. The Kier molecular flexibility index (Phi) is 7.75. The highest BCUT2D eigenvalue weighted by Crippen LogP contribution is 2.38. The number of hydrogen-bond donors (Lipinski definition) is 2. The zero-order valence-electron chi connectivity index (χ0n) is 21.7. The minimum Gasteiger partial charge on any atom is -0.437 e. The Morgan fingerprint density at radius 1 is 0.837 bits per heavy atom. The van der Waals surface area contributed by atoms with Crippen LogP contribution in [0, 0.1) is 0 Å². The standard InChI is InChI=1S/C28H17F6N5O3S/c1-14(40)37-26-39-24-21(3-2-4-22(24)43-26)42-23-12-20(35-13-36-23)18-11-17(28(32,33)34)9-10-19(18)38-25(41)15-5-7-16(8-6-15)27(29,30)31/h2-13H,1H3,(H,38,41)(H,37,39,40). The number of rotatable bonds is 6. The number of amides is 2. The summed E-state index contributed by atoms with van der Waals surface area (Å²) in [4.78, 5) is 36.7. The Balaban J connectivity index is 1.48. The molecule has 2 amide bonds. The van der Waals surface area contributed by atoms with Gasteiger partial charge in [-0.2, -0.15) is 26.3 Å². The molecule has 2 N–H and O–H groups in total. The van der Waals surface area contributed by atoms with E-state index < -0.39 is 29.4 Å². The second kappa shape index (κ2) is 11.3. The van der Waals surface area contributed by atoms with Crippen LogP contribution in [0.3, 0.4) is 0 Å². The van der Waals surface area contributed by atoms with Gasteiger partial charge in [0.05, 0.1) is 27.2 Å². The molecule has 3 aromatic carbocycles. The van der Waals surface area contributed by atoms with Gasteiger partial charge in [0.15, 0.2) is 10.9 Å². The lowest BCUT2D eigenvalue weighted by Crippen LogP contribution is -2.14. The average molecular weight is 618 g/mol. The molecule has 15 heteroatoms. The number of benzene rings is 3. The number of carbonyl (C=O) groups excluding carboxylic acids is 2. The summed E-state index contributed by atoms with van der Waals surface area (Å²) >= 11 is 1.20. The van der Waals surface area contributed by atoms with Gasteiger partial charge in [0.1, 0.15) is 11.8 Å². The molecule has 0 bridgehead atoms. The molecule has 0 fully saturated rings. The monoisotopic (exact) mass is 617 g/mol. The molecule has 0 saturated heterocycles. The Hall–Kier alpha value is -5.05. The second-order valence-corrected chi connectivity index (χ2v) is 9.96. The van der Waals surface area contributed by atoms with Crippen molar-refractivity contribution >= 4 is 44.2 Å². The molecule has 43 heavy (non-hydrogen) atoms. The van der Waals surface area contributed by atoms with Gasteiger partial charge in [-0.05, 0) is 54.6 Å². The quantitative estimate of drug-likeness (QED) is 0.189. The predicted molar refractivity (Wildman–Crippen MR) is 146 cm³/mol. The van der Waals surface area contributed by atoms with Crippen LogP contribution in [0.2, 0.25) is 0 Å². The first-order chi connectivity index (χ1) is 20.3. The van der Waals surface area contributed by atoms with E-state index in [0.29, 0.717) is 15.3 Å². The van der Waals surface area contributed by atoms with Gasteiger partial charge >= 0.3 is 12.4 Å². The maximum absolute atomic E-state index is 13.6. The second-order valence-electron chi connectivity index (χ2n) is 8.93. The number of carbonyl (C=O) groups is 2. The van der Waals surface area contributed by atoms with Crippen LogP contribution in [0.25, 0.3) is 21.5 Å². The highest BCUT2D eigenvalue weighted by Gasteiger charge is 2.32. The van der Waals surface area contributed by atoms with Crippen LogP contribution < -0.4 is 15.4 Å². The predicted octanol–water partition coefficient (Wildman–Crippen LogP) is 7.79. The van der Waals surface area contributed by atoms with Gasteiger partial charge in [0.2, 0.25) is 11.8 Å². The van der Waals surface area contributed by atoms with Crippen molar-refractivity contribution in [2.75, 3.05) is 10.6 Å². The fraction of sp³-hybridized carbons (Fsp3) is 0.107. The molecule has 0 aliphatic carbocycles.